The molecule has 0 radical (unpaired) electrons. The minimum atomic E-state index is -4.24. The molecule has 0 aliphatic rings. The molecule has 0 atom stereocenters. The van der Waals surface area contributed by atoms with Crippen LogP contribution in [0.2, 0.25) is 0 Å². The lowest BCUT2D eigenvalue weighted by atomic mass is 10.2. The average Bonchev–Trinajstić information content (AvgIpc) is 2.59. The van der Waals surface area contributed by atoms with Gasteiger partial charge < -0.3 is 4.74 Å². The molecule has 0 bridgehead atoms. The predicted octanol–water partition coefficient (Wildman–Crippen LogP) is 3.39. The standard InChI is InChI=1S/C10H14F3NOS/c1-7(2)8-5-16-9(14-8)3-4-15-6-10(11,12)13/h5,7H,3-4,6H2,1-2H3. The van der Waals surface area contributed by atoms with E-state index in [1.807, 2.05) is 19.2 Å². The van der Waals surface area contributed by atoms with Gasteiger partial charge in [0.05, 0.1) is 17.3 Å². The smallest absolute Gasteiger partial charge is 0.372 e. The SMILES string of the molecule is CC(C)c1csc(CCOCC(F)(F)F)n1. The van der Waals surface area contributed by atoms with Crippen LogP contribution in [0.5, 0.6) is 0 Å². The Bertz CT molecular complexity index is 322. The summed E-state index contributed by atoms with van der Waals surface area (Å²) in [5, 5.41) is 2.76. The van der Waals surface area contributed by atoms with E-state index in [0.29, 0.717) is 12.3 Å². The van der Waals surface area contributed by atoms with Crippen LogP contribution in [0.3, 0.4) is 0 Å². The average molecular weight is 253 g/mol. The number of aromatic nitrogens is 1. The van der Waals surface area contributed by atoms with Crippen molar-refractivity contribution >= 4 is 11.3 Å². The molecule has 0 aliphatic heterocycles. The van der Waals surface area contributed by atoms with E-state index in [-0.39, 0.29) is 6.61 Å². The summed E-state index contributed by atoms with van der Waals surface area (Å²) in [6, 6.07) is 0. The Morgan fingerprint density at radius 2 is 2.12 bits per heavy atom. The Labute approximate surface area is 96.5 Å². The van der Waals surface area contributed by atoms with Crippen molar-refractivity contribution in [3.63, 3.8) is 0 Å². The van der Waals surface area contributed by atoms with Gasteiger partial charge in [0.2, 0.25) is 0 Å². The van der Waals surface area contributed by atoms with Crippen LogP contribution < -0.4 is 0 Å². The first kappa shape index (κ1) is 13.4. The zero-order chi connectivity index (χ0) is 12.2. The van der Waals surface area contributed by atoms with Gasteiger partial charge in [-0.3, -0.25) is 0 Å². The summed E-state index contributed by atoms with van der Waals surface area (Å²) in [5.41, 5.74) is 0.982. The molecule has 0 saturated heterocycles. The topological polar surface area (TPSA) is 22.1 Å². The lowest BCUT2D eigenvalue weighted by Crippen LogP contribution is -2.17. The van der Waals surface area contributed by atoms with Gasteiger partial charge in [0, 0.05) is 11.8 Å². The van der Waals surface area contributed by atoms with Crippen molar-refractivity contribution in [3.8, 4) is 0 Å². The summed E-state index contributed by atoms with van der Waals surface area (Å²) in [4.78, 5) is 4.30. The maximum Gasteiger partial charge on any atom is 0.411 e. The molecule has 1 aromatic heterocycles. The minimum absolute atomic E-state index is 0.0601. The van der Waals surface area contributed by atoms with Crippen LogP contribution in [-0.4, -0.2) is 24.4 Å². The van der Waals surface area contributed by atoms with Gasteiger partial charge in [-0.25, -0.2) is 4.98 Å². The van der Waals surface area contributed by atoms with Crippen molar-refractivity contribution in [2.24, 2.45) is 0 Å². The fourth-order valence-electron chi connectivity index (χ4n) is 1.05. The van der Waals surface area contributed by atoms with Crippen LogP contribution in [0.25, 0.3) is 0 Å². The van der Waals surface area contributed by atoms with E-state index in [4.69, 9.17) is 0 Å². The van der Waals surface area contributed by atoms with Crippen LogP contribution in [0.1, 0.15) is 30.5 Å². The maximum atomic E-state index is 11.8. The van der Waals surface area contributed by atoms with Crippen molar-refractivity contribution in [1.82, 2.24) is 4.98 Å². The van der Waals surface area contributed by atoms with Gasteiger partial charge in [-0.05, 0) is 5.92 Å². The van der Waals surface area contributed by atoms with E-state index >= 15 is 0 Å². The van der Waals surface area contributed by atoms with Gasteiger partial charge in [-0.15, -0.1) is 11.3 Å². The summed E-state index contributed by atoms with van der Waals surface area (Å²) in [6.45, 7) is 2.93. The third-order valence-corrected chi connectivity index (χ3v) is 2.81. The normalized spacial score (nSPS) is 12.4. The molecule has 16 heavy (non-hydrogen) atoms. The monoisotopic (exact) mass is 253 g/mol. The Morgan fingerprint density at radius 1 is 1.44 bits per heavy atom. The highest BCUT2D eigenvalue weighted by molar-refractivity contribution is 7.09. The molecule has 6 heteroatoms. The largest absolute Gasteiger partial charge is 0.411 e. The van der Waals surface area contributed by atoms with E-state index in [9.17, 15) is 13.2 Å². The Morgan fingerprint density at radius 3 is 2.62 bits per heavy atom. The van der Waals surface area contributed by atoms with Gasteiger partial charge in [-0.1, -0.05) is 13.8 Å². The Balaban J connectivity index is 2.27. The second-order valence-electron chi connectivity index (χ2n) is 3.74. The number of nitrogens with zero attached hydrogens (tertiary/aromatic N) is 1. The molecule has 0 N–H and O–H groups in total. The highest BCUT2D eigenvalue weighted by Gasteiger charge is 2.27. The molecule has 0 unspecified atom stereocenters. The summed E-state index contributed by atoms with van der Waals surface area (Å²) in [6.07, 6.45) is -3.81. The molecule has 0 fully saturated rings. The second-order valence-corrected chi connectivity index (χ2v) is 4.68. The molecular formula is C10H14F3NOS. The van der Waals surface area contributed by atoms with Crippen molar-refractivity contribution in [2.45, 2.75) is 32.4 Å². The molecule has 1 rings (SSSR count). The number of alkyl halides is 3. The predicted molar refractivity (Wildman–Crippen MR) is 56.8 cm³/mol. The first-order valence-corrected chi connectivity index (χ1v) is 5.85. The summed E-state index contributed by atoms with van der Waals surface area (Å²) in [7, 11) is 0. The third kappa shape index (κ3) is 4.94. The van der Waals surface area contributed by atoms with E-state index in [1.54, 1.807) is 0 Å². The summed E-state index contributed by atoms with van der Waals surface area (Å²) < 4.78 is 39.8. The first-order chi connectivity index (χ1) is 7.38. The fraction of sp³-hybridized carbons (Fsp3) is 0.700. The number of thiazole rings is 1. The fourth-order valence-corrected chi connectivity index (χ4v) is 1.99. The minimum Gasteiger partial charge on any atom is -0.372 e. The Hall–Kier alpha value is -0.620. The molecule has 0 spiro atoms. The quantitative estimate of drug-likeness (QED) is 0.750. The molecular weight excluding hydrogens is 239 g/mol. The van der Waals surface area contributed by atoms with Gasteiger partial charge in [0.15, 0.2) is 0 Å². The van der Waals surface area contributed by atoms with Gasteiger partial charge >= 0.3 is 6.18 Å². The number of rotatable bonds is 5. The molecule has 0 saturated carbocycles. The van der Waals surface area contributed by atoms with Crippen molar-refractivity contribution in [1.29, 1.82) is 0 Å². The molecule has 92 valence electrons. The van der Waals surface area contributed by atoms with Gasteiger partial charge in [0.25, 0.3) is 0 Å². The first-order valence-electron chi connectivity index (χ1n) is 4.97. The van der Waals surface area contributed by atoms with Gasteiger partial charge in [-0.2, -0.15) is 13.2 Å². The number of halogens is 3. The van der Waals surface area contributed by atoms with Crippen LogP contribution in [-0.2, 0) is 11.2 Å². The lowest BCUT2D eigenvalue weighted by Gasteiger charge is -2.06. The lowest BCUT2D eigenvalue weighted by molar-refractivity contribution is -0.173. The molecule has 0 amide bonds. The molecule has 1 heterocycles. The maximum absolute atomic E-state index is 11.8. The van der Waals surface area contributed by atoms with Crippen LogP contribution in [0.15, 0.2) is 5.38 Å². The molecule has 0 aromatic carbocycles. The highest BCUT2D eigenvalue weighted by atomic mass is 32.1. The zero-order valence-corrected chi connectivity index (χ0v) is 9.99. The van der Waals surface area contributed by atoms with Crippen molar-refractivity contribution in [3.05, 3.63) is 16.1 Å². The number of ether oxygens (including phenoxy) is 1. The number of hydrogen-bond donors (Lipinski definition) is 0. The third-order valence-electron chi connectivity index (χ3n) is 1.89. The zero-order valence-electron chi connectivity index (χ0n) is 9.17. The number of hydrogen-bond acceptors (Lipinski definition) is 3. The second kappa shape index (κ2) is 5.63. The summed E-state index contributed by atoms with van der Waals surface area (Å²) in [5.74, 6) is 0.348. The van der Waals surface area contributed by atoms with Gasteiger partial charge in [0.1, 0.15) is 6.61 Å². The van der Waals surface area contributed by atoms with Crippen molar-refractivity contribution < 1.29 is 17.9 Å². The molecule has 1 aromatic rings. The van der Waals surface area contributed by atoms with E-state index in [2.05, 4.69) is 9.72 Å². The molecule has 2 nitrogen and oxygen atoms in total. The van der Waals surface area contributed by atoms with Crippen LogP contribution >= 0.6 is 11.3 Å². The van der Waals surface area contributed by atoms with E-state index in [0.717, 1.165) is 10.7 Å². The highest BCUT2D eigenvalue weighted by Crippen LogP contribution is 2.18. The molecule has 0 aliphatic carbocycles. The van der Waals surface area contributed by atoms with E-state index < -0.39 is 12.8 Å². The van der Waals surface area contributed by atoms with Crippen LogP contribution in [0.4, 0.5) is 13.2 Å². The van der Waals surface area contributed by atoms with Crippen LogP contribution in [0, 0.1) is 0 Å². The summed E-state index contributed by atoms with van der Waals surface area (Å²) >= 11 is 1.46. The van der Waals surface area contributed by atoms with Crippen molar-refractivity contribution in [2.75, 3.05) is 13.2 Å². The van der Waals surface area contributed by atoms with E-state index in [1.165, 1.54) is 11.3 Å². The Kier molecular flexibility index (Phi) is 4.73.